The number of hydrogen-bond donors (Lipinski definition) is 1. The lowest BCUT2D eigenvalue weighted by molar-refractivity contribution is 0.102. The Morgan fingerprint density at radius 3 is 2.65 bits per heavy atom. The van der Waals surface area contributed by atoms with E-state index in [1.54, 1.807) is 30.1 Å². The number of H-pyrrole nitrogens is 1. The van der Waals surface area contributed by atoms with Gasteiger partial charge in [0.1, 0.15) is 11.5 Å². The number of ketones is 1. The first-order valence-electron chi connectivity index (χ1n) is 10.6. The molecule has 34 heavy (non-hydrogen) atoms. The summed E-state index contributed by atoms with van der Waals surface area (Å²) < 4.78 is 13.8. The molecule has 0 aliphatic rings. The Morgan fingerprint density at radius 2 is 1.88 bits per heavy atom. The van der Waals surface area contributed by atoms with Gasteiger partial charge in [-0.2, -0.15) is 0 Å². The van der Waals surface area contributed by atoms with Gasteiger partial charge in [0.25, 0.3) is 0 Å². The van der Waals surface area contributed by atoms with Crippen molar-refractivity contribution in [1.82, 2.24) is 24.1 Å². The fraction of sp³-hybridized carbons (Fsp3) is 0.167. The number of nitrogens with zero attached hydrogens (tertiary/aromatic N) is 4. The van der Waals surface area contributed by atoms with Crippen LogP contribution in [0.5, 0.6) is 11.5 Å². The Morgan fingerprint density at radius 1 is 1.09 bits per heavy atom. The Balaban J connectivity index is 1.37. The van der Waals surface area contributed by atoms with Gasteiger partial charge in [0.05, 0.1) is 19.5 Å². The molecule has 0 spiro atoms. The van der Waals surface area contributed by atoms with Crippen LogP contribution in [0.3, 0.4) is 0 Å². The predicted octanol–water partition coefficient (Wildman–Crippen LogP) is 3.74. The minimum Gasteiger partial charge on any atom is -0.497 e. The van der Waals surface area contributed by atoms with Crippen LogP contribution in [0.1, 0.15) is 17.3 Å². The van der Waals surface area contributed by atoms with Crippen LogP contribution < -0.4 is 15.0 Å². The quantitative estimate of drug-likeness (QED) is 0.269. The number of methoxy groups -OCH3 is 1. The second-order valence-corrected chi connectivity index (χ2v) is 8.34. The molecule has 0 unspecified atom stereocenters. The van der Waals surface area contributed by atoms with E-state index in [1.165, 1.54) is 16.3 Å². The molecule has 0 amide bonds. The maximum absolute atomic E-state index is 13.0. The summed E-state index contributed by atoms with van der Waals surface area (Å²) in [7, 11) is 1.59. The summed E-state index contributed by atoms with van der Waals surface area (Å²) in [6, 6.07) is 12.8. The van der Waals surface area contributed by atoms with Crippen molar-refractivity contribution in [2.45, 2.75) is 12.1 Å². The molecule has 0 aliphatic heterocycles. The number of rotatable bonds is 8. The molecule has 10 heteroatoms. The van der Waals surface area contributed by atoms with E-state index in [4.69, 9.17) is 9.47 Å². The number of aromatic nitrogens is 5. The third-order valence-corrected chi connectivity index (χ3v) is 6.33. The average Bonchev–Trinajstić information content (AvgIpc) is 3.48. The first-order chi connectivity index (χ1) is 16.6. The van der Waals surface area contributed by atoms with Crippen LogP contribution in [0, 0.1) is 0 Å². The SMILES string of the molecule is CCOc1ccc(-n2ccn3c(SCC(=O)c4c[nH]c5ccc(OC)cc45)nnc3c2=O)cc1. The molecule has 172 valence electrons. The molecule has 3 aromatic heterocycles. The van der Waals surface area contributed by atoms with Gasteiger partial charge in [-0.15, -0.1) is 10.2 Å². The molecule has 0 bridgehead atoms. The van der Waals surface area contributed by atoms with Crippen LogP contribution in [0.15, 0.2) is 71.0 Å². The molecule has 0 saturated carbocycles. The summed E-state index contributed by atoms with van der Waals surface area (Å²) in [5, 5.41) is 9.47. The van der Waals surface area contributed by atoms with Crippen LogP contribution >= 0.6 is 11.8 Å². The zero-order valence-electron chi connectivity index (χ0n) is 18.5. The summed E-state index contributed by atoms with van der Waals surface area (Å²) >= 11 is 1.23. The molecular weight excluding hydrogens is 454 g/mol. The first-order valence-corrected chi connectivity index (χ1v) is 11.6. The third kappa shape index (κ3) is 3.92. The number of fused-ring (bicyclic) bond motifs is 2. The van der Waals surface area contributed by atoms with Crippen LogP contribution in [0.2, 0.25) is 0 Å². The van der Waals surface area contributed by atoms with E-state index in [2.05, 4.69) is 15.2 Å². The van der Waals surface area contributed by atoms with E-state index in [-0.39, 0.29) is 22.7 Å². The smallest absolute Gasteiger partial charge is 0.300 e. The number of Topliss-reactive ketones (excluding diaryl/α,β-unsaturated/α-hetero) is 1. The van der Waals surface area contributed by atoms with E-state index in [0.29, 0.717) is 28.8 Å². The number of hydrogen-bond acceptors (Lipinski definition) is 7. The van der Waals surface area contributed by atoms with Crippen molar-refractivity contribution in [3.63, 3.8) is 0 Å². The molecule has 3 heterocycles. The van der Waals surface area contributed by atoms with Crippen molar-refractivity contribution < 1.29 is 14.3 Å². The highest BCUT2D eigenvalue weighted by atomic mass is 32.2. The Bertz CT molecular complexity index is 1550. The van der Waals surface area contributed by atoms with Crippen LogP contribution in [0.25, 0.3) is 22.2 Å². The molecule has 0 saturated heterocycles. The minimum absolute atomic E-state index is 0.0658. The Kier molecular flexibility index (Phi) is 5.81. The molecule has 0 radical (unpaired) electrons. The van der Waals surface area contributed by atoms with Gasteiger partial charge in [-0.1, -0.05) is 11.8 Å². The van der Waals surface area contributed by atoms with Crippen LogP contribution in [0.4, 0.5) is 0 Å². The number of carbonyl (C=O) groups excluding carboxylic acids is 1. The van der Waals surface area contributed by atoms with Crippen LogP contribution in [-0.2, 0) is 0 Å². The summed E-state index contributed by atoms with van der Waals surface area (Å²) in [6.45, 7) is 2.49. The summed E-state index contributed by atoms with van der Waals surface area (Å²) in [4.78, 5) is 29.0. The average molecular weight is 476 g/mol. The van der Waals surface area contributed by atoms with Crippen molar-refractivity contribution in [2.24, 2.45) is 0 Å². The van der Waals surface area contributed by atoms with Gasteiger partial charge in [-0.3, -0.25) is 18.6 Å². The van der Waals surface area contributed by atoms with Crippen LogP contribution in [-0.4, -0.2) is 49.4 Å². The molecule has 5 aromatic rings. The monoisotopic (exact) mass is 475 g/mol. The summed E-state index contributed by atoms with van der Waals surface area (Å²) in [5.41, 5.74) is 2.01. The molecule has 0 atom stereocenters. The maximum atomic E-state index is 13.0. The second kappa shape index (κ2) is 9.06. The minimum atomic E-state index is -0.305. The van der Waals surface area contributed by atoms with Crippen molar-refractivity contribution in [3.05, 3.63) is 77.0 Å². The van der Waals surface area contributed by atoms with Gasteiger partial charge in [0.15, 0.2) is 10.9 Å². The number of ether oxygens (including phenoxy) is 2. The number of aromatic amines is 1. The fourth-order valence-corrected chi connectivity index (χ4v) is 4.50. The molecule has 5 rings (SSSR count). The lowest BCUT2D eigenvalue weighted by Crippen LogP contribution is -2.20. The first kappa shape index (κ1) is 21.8. The van der Waals surface area contributed by atoms with Gasteiger partial charge in [-0.05, 0) is 49.4 Å². The summed E-state index contributed by atoms with van der Waals surface area (Å²) in [5.74, 6) is 1.50. The Hall–Kier alpha value is -4.05. The number of carbonyl (C=O) groups is 1. The molecule has 9 nitrogen and oxygen atoms in total. The van der Waals surface area contributed by atoms with E-state index >= 15 is 0 Å². The highest BCUT2D eigenvalue weighted by molar-refractivity contribution is 7.99. The summed E-state index contributed by atoms with van der Waals surface area (Å²) in [6.07, 6.45) is 5.08. The Labute approximate surface area is 198 Å². The molecular formula is C24H21N5O4S. The molecule has 2 aromatic carbocycles. The lowest BCUT2D eigenvalue weighted by atomic mass is 10.1. The van der Waals surface area contributed by atoms with Gasteiger partial charge < -0.3 is 14.5 Å². The van der Waals surface area contributed by atoms with E-state index in [0.717, 1.165) is 16.7 Å². The van der Waals surface area contributed by atoms with Gasteiger partial charge in [0.2, 0.25) is 5.65 Å². The maximum Gasteiger partial charge on any atom is 0.300 e. The number of nitrogens with one attached hydrogen (secondary N) is 1. The van der Waals surface area contributed by atoms with Crippen molar-refractivity contribution in [1.29, 1.82) is 0 Å². The van der Waals surface area contributed by atoms with Crippen molar-refractivity contribution in [3.8, 4) is 17.2 Å². The largest absolute Gasteiger partial charge is 0.497 e. The van der Waals surface area contributed by atoms with E-state index < -0.39 is 0 Å². The third-order valence-electron chi connectivity index (χ3n) is 5.39. The van der Waals surface area contributed by atoms with Crippen molar-refractivity contribution in [2.75, 3.05) is 19.5 Å². The van der Waals surface area contributed by atoms with Gasteiger partial charge in [0, 0.05) is 40.7 Å². The molecule has 0 aliphatic carbocycles. The number of benzene rings is 2. The predicted molar refractivity (Wildman–Crippen MR) is 130 cm³/mol. The zero-order chi connectivity index (χ0) is 23.7. The highest BCUT2D eigenvalue weighted by Gasteiger charge is 2.17. The van der Waals surface area contributed by atoms with E-state index in [1.807, 2.05) is 49.4 Å². The van der Waals surface area contributed by atoms with E-state index in [9.17, 15) is 9.59 Å². The normalized spacial score (nSPS) is 11.2. The molecule has 0 fully saturated rings. The fourth-order valence-electron chi connectivity index (χ4n) is 3.70. The van der Waals surface area contributed by atoms with Gasteiger partial charge >= 0.3 is 5.56 Å². The lowest BCUT2D eigenvalue weighted by Gasteiger charge is -2.08. The molecule has 1 N–H and O–H groups in total. The highest BCUT2D eigenvalue weighted by Crippen LogP contribution is 2.26. The standard InChI is InChI=1S/C24H21N5O4S/c1-3-33-16-6-4-15(5-7-16)28-10-11-29-22(23(28)31)26-27-24(29)34-14-21(30)19-13-25-20-9-8-17(32-2)12-18(19)20/h4-13,25H,3,14H2,1-2H3. The number of thioether (sulfide) groups is 1. The topological polar surface area (TPSA) is 104 Å². The zero-order valence-corrected chi connectivity index (χ0v) is 19.3. The van der Waals surface area contributed by atoms with Crippen molar-refractivity contribution >= 4 is 34.1 Å². The second-order valence-electron chi connectivity index (χ2n) is 7.40. The van der Waals surface area contributed by atoms with Gasteiger partial charge in [-0.25, -0.2) is 0 Å².